The minimum absolute atomic E-state index is 0.183. The number of rotatable bonds is 4. The molecule has 0 aliphatic carbocycles. The van der Waals surface area contributed by atoms with Gasteiger partial charge in [-0.1, -0.05) is 19.1 Å². The normalized spacial score (nSPS) is 18.9. The highest BCUT2D eigenvalue weighted by molar-refractivity contribution is 7.80. The van der Waals surface area contributed by atoms with Crippen LogP contribution in [0, 0.1) is 0 Å². The highest BCUT2D eigenvalue weighted by atomic mass is 32.1. The van der Waals surface area contributed by atoms with Gasteiger partial charge < -0.3 is 10.6 Å². The average Bonchev–Trinajstić information content (AvgIpc) is 2.86. The largest absolute Gasteiger partial charge is 0.392 e. The van der Waals surface area contributed by atoms with E-state index in [9.17, 15) is 0 Å². The summed E-state index contributed by atoms with van der Waals surface area (Å²) in [5.41, 5.74) is 5.69. The number of hydrogen-bond acceptors (Lipinski definition) is 6. The predicted octanol–water partition coefficient (Wildman–Crippen LogP) is 0.897. The third-order valence-corrected chi connectivity index (χ3v) is 4.47. The molecule has 0 aromatic carbocycles. The zero-order chi connectivity index (χ0) is 13.1. The van der Waals surface area contributed by atoms with Gasteiger partial charge in [-0.05, 0) is 6.92 Å². The van der Waals surface area contributed by atoms with Crippen molar-refractivity contribution in [2.45, 2.75) is 26.3 Å². The van der Waals surface area contributed by atoms with Crippen molar-refractivity contribution in [2.24, 2.45) is 5.73 Å². The molecular formula is C11H19N5S2. The molecule has 7 heteroatoms. The van der Waals surface area contributed by atoms with Crippen LogP contribution in [0.4, 0.5) is 5.13 Å². The fourth-order valence-corrected chi connectivity index (χ4v) is 2.95. The Labute approximate surface area is 117 Å². The third-order valence-electron chi connectivity index (χ3n) is 3.32. The average molecular weight is 285 g/mol. The second-order valence-corrected chi connectivity index (χ2v) is 5.65. The van der Waals surface area contributed by atoms with E-state index in [0.717, 1.165) is 43.6 Å². The van der Waals surface area contributed by atoms with E-state index in [4.69, 9.17) is 18.0 Å². The summed E-state index contributed by atoms with van der Waals surface area (Å²) >= 11 is 6.54. The number of thiocarbonyl (C=S) groups is 1. The molecule has 0 radical (unpaired) electrons. The number of aromatic nitrogens is 2. The number of aryl methyl sites for hydroxylation is 1. The van der Waals surface area contributed by atoms with Gasteiger partial charge in [-0.15, -0.1) is 0 Å². The molecule has 0 bridgehead atoms. The van der Waals surface area contributed by atoms with Crippen LogP contribution in [0.15, 0.2) is 0 Å². The molecule has 0 amide bonds. The molecule has 2 N–H and O–H groups in total. The Hall–Kier alpha value is -0.790. The van der Waals surface area contributed by atoms with E-state index in [1.807, 2.05) is 0 Å². The molecule has 1 aliphatic rings. The van der Waals surface area contributed by atoms with Gasteiger partial charge in [-0.2, -0.15) is 4.37 Å². The van der Waals surface area contributed by atoms with Crippen LogP contribution in [-0.2, 0) is 6.42 Å². The maximum absolute atomic E-state index is 5.69. The molecule has 1 fully saturated rings. The lowest BCUT2D eigenvalue weighted by atomic mass is 10.2. The molecule has 1 unspecified atom stereocenters. The van der Waals surface area contributed by atoms with Crippen LogP contribution in [-0.4, -0.2) is 51.5 Å². The van der Waals surface area contributed by atoms with Crippen molar-refractivity contribution in [2.75, 3.05) is 31.1 Å². The molecule has 5 nitrogen and oxygen atoms in total. The first-order valence-electron chi connectivity index (χ1n) is 6.22. The number of hydrogen-bond donors (Lipinski definition) is 1. The Kier molecular flexibility index (Phi) is 4.47. The molecule has 2 rings (SSSR count). The monoisotopic (exact) mass is 285 g/mol. The summed E-state index contributed by atoms with van der Waals surface area (Å²) in [6.07, 6.45) is 0.898. The first-order valence-corrected chi connectivity index (χ1v) is 7.41. The maximum Gasteiger partial charge on any atom is 0.205 e. The van der Waals surface area contributed by atoms with Gasteiger partial charge >= 0.3 is 0 Å². The van der Waals surface area contributed by atoms with E-state index in [-0.39, 0.29) is 6.04 Å². The Morgan fingerprint density at radius 1 is 1.44 bits per heavy atom. The zero-order valence-corrected chi connectivity index (χ0v) is 12.4. The highest BCUT2D eigenvalue weighted by Gasteiger charge is 2.24. The summed E-state index contributed by atoms with van der Waals surface area (Å²) < 4.78 is 4.33. The minimum atomic E-state index is 0.183. The summed E-state index contributed by atoms with van der Waals surface area (Å²) in [7, 11) is 0. The van der Waals surface area contributed by atoms with Crippen LogP contribution in [0.1, 0.15) is 19.7 Å². The smallest absolute Gasteiger partial charge is 0.205 e. The molecular weight excluding hydrogens is 266 g/mol. The van der Waals surface area contributed by atoms with E-state index < -0.39 is 0 Å². The topological polar surface area (TPSA) is 58.3 Å². The molecule has 18 heavy (non-hydrogen) atoms. The summed E-state index contributed by atoms with van der Waals surface area (Å²) in [4.78, 5) is 9.71. The molecule has 1 aromatic rings. The van der Waals surface area contributed by atoms with E-state index in [0.29, 0.717) is 4.99 Å². The second kappa shape index (κ2) is 5.90. The van der Waals surface area contributed by atoms with Crippen molar-refractivity contribution < 1.29 is 0 Å². The van der Waals surface area contributed by atoms with Crippen molar-refractivity contribution >= 4 is 33.9 Å². The fourth-order valence-electron chi connectivity index (χ4n) is 2.00. The lowest BCUT2D eigenvalue weighted by Crippen LogP contribution is -2.52. The van der Waals surface area contributed by atoms with E-state index in [1.165, 1.54) is 11.5 Å². The molecule has 0 spiro atoms. The number of nitrogens with two attached hydrogens (primary N) is 1. The van der Waals surface area contributed by atoms with Crippen LogP contribution in [0.5, 0.6) is 0 Å². The maximum atomic E-state index is 5.69. The van der Waals surface area contributed by atoms with Crippen LogP contribution in [0.3, 0.4) is 0 Å². The second-order valence-electron chi connectivity index (χ2n) is 4.45. The van der Waals surface area contributed by atoms with Gasteiger partial charge in [0.05, 0.1) is 11.0 Å². The summed E-state index contributed by atoms with van der Waals surface area (Å²) in [6, 6.07) is 0.183. The Bertz CT molecular complexity index is 411. The summed E-state index contributed by atoms with van der Waals surface area (Å²) in [5.74, 6) is 0.939. The lowest BCUT2D eigenvalue weighted by molar-refractivity contribution is 0.239. The van der Waals surface area contributed by atoms with Crippen LogP contribution < -0.4 is 10.6 Å². The van der Waals surface area contributed by atoms with Gasteiger partial charge in [0.25, 0.3) is 0 Å². The third kappa shape index (κ3) is 2.96. The van der Waals surface area contributed by atoms with Gasteiger partial charge in [0, 0.05) is 44.1 Å². The molecule has 1 atom stereocenters. The predicted molar refractivity (Wildman–Crippen MR) is 79.3 cm³/mol. The molecule has 100 valence electrons. The Morgan fingerprint density at radius 2 is 2.11 bits per heavy atom. The number of nitrogens with zero attached hydrogens (tertiary/aromatic N) is 4. The first kappa shape index (κ1) is 13.6. The quantitative estimate of drug-likeness (QED) is 0.830. The van der Waals surface area contributed by atoms with E-state index >= 15 is 0 Å². The number of piperazine rings is 1. The van der Waals surface area contributed by atoms with Crippen molar-refractivity contribution in [1.29, 1.82) is 0 Å². The summed E-state index contributed by atoms with van der Waals surface area (Å²) in [6.45, 7) is 8.02. The molecule has 2 heterocycles. The first-order chi connectivity index (χ1) is 8.61. The van der Waals surface area contributed by atoms with Crippen LogP contribution in [0.2, 0.25) is 0 Å². The van der Waals surface area contributed by atoms with Gasteiger partial charge in [0.1, 0.15) is 5.82 Å². The van der Waals surface area contributed by atoms with Gasteiger partial charge in [-0.25, -0.2) is 4.98 Å². The molecule has 0 saturated carbocycles. The van der Waals surface area contributed by atoms with Gasteiger partial charge in [-0.3, -0.25) is 4.90 Å². The van der Waals surface area contributed by atoms with Crippen molar-refractivity contribution in [1.82, 2.24) is 14.3 Å². The molecule has 1 aliphatic heterocycles. The van der Waals surface area contributed by atoms with E-state index in [1.54, 1.807) is 0 Å². The molecule has 1 aromatic heterocycles. The zero-order valence-electron chi connectivity index (χ0n) is 10.8. The Morgan fingerprint density at radius 3 is 2.61 bits per heavy atom. The summed E-state index contributed by atoms with van der Waals surface area (Å²) in [5, 5.41) is 1.04. The number of anilines is 1. The van der Waals surface area contributed by atoms with Crippen LogP contribution >= 0.6 is 23.8 Å². The Balaban J connectivity index is 1.92. The van der Waals surface area contributed by atoms with Crippen molar-refractivity contribution in [3.63, 3.8) is 0 Å². The standard InChI is InChI=1S/C11H19N5S2/c1-3-9-13-11(18-14-9)16-6-4-15(5-7-16)8(2)10(12)17/h8H,3-7H2,1-2H3,(H2,12,17). The fraction of sp³-hybridized carbons (Fsp3) is 0.727. The van der Waals surface area contributed by atoms with Crippen molar-refractivity contribution in [3.8, 4) is 0 Å². The van der Waals surface area contributed by atoms with Gasteiger partial charge in [0.2, 0.25) is 5.13 Å². The van der Waals surface area contributed by atoms with Crippen molar-refractivity contribution in [3.05, 3.63) is 5.82 Å². The van der Waals surface area contributed by atoms with Gasteiger partial charge in [0.15, 0.2) is 0 Å². The minimum Gasteiger partial charge on any atom is -0.392 e. The van der Waals surface area contributed by atoms with Crippen LogP contribution in [0.25, 0.3) is 0 Å². The lowest BCUT2D eigenvalue weighted by Gasteiger charge is -2.37. The highest BCUT2D eigenvalue weighted by Crippen LogP contribution is 2.19. The molecule has 1 saturated heterocycles. The SMILES string of the molecule is CCc1nsc(N2CCN(C(C)C(N)=S)CC2)n1. The van der Waals surface area contributed by atoms with E-state index in [2.05, 4.69) is 33.0 Å².